The van der Waals surface area contributed by atoms with Crippen molar-refractivity contribution in [3.05, 3.63) is 47.9 Å². The third-order valence-corrected chi connectivity index (χ3v) is 4.90. The first-order chi connectivity index (χ1) is 13.9. The van der Waals surface area contributed by atoms with Gasteiger partial charge in [-0.15, -0.1) is 0 Å². The minimum atomic E-state index is -0.506. The standard InChI is InChI=1S/C21H27N5O3/c1-15(2)20-17(12-18-21(29)26(16(3)27)13-19(28)23-18)22-14-25(20)11-7-6-10-24-8-4-5-9-24/h4-5,8-9,12,14-15H,6-7,10-11,13H2,1-3H3,(H,23,28). The summed E-state index contributed by atoms with van der Waals surface area (Å²) in [5.74, 6) is -1.16. The van der Waals surface area contributed by atoms with E-state index in [-0.39, 0.29) is 24.1 Å². The first-order valence-corrected chi connectivity index (χ1v) is 9.86. The average molecular weight is 397 g/mol. The number of rotatable bonds is 7. The van der Waals surface area contributed by atoms with Crippen LogP contribution in [-0.2, 0) is 27.5 Å². The molecule has 1 aliphatic heterocycles. The molecule has 8 nitrogen and oxygen atoms in total. The molecule has 154 valence electrons. The minimum Gasteiger partial charge on any atom is -0.354 e. The Labute approximate surface area is 170 Å². The maximum Gasteiger partial charge on any atom is 0.277 e. The first-order valence-electron chi connectivity index (χ1n) is 9.86. The van der Waals surface area contributed by atoms with Gasteiger partial charge in [0.05, 0.1) is 12.0 Å². The van der Waals surface area contributed by atoms with Crippen molar-refractivity contribution in [2.75, 3.05) is 6.54 Å². The summed E-state index contributed by atoms with van der Waals surface area (Å²) in [5.41, 5.74) is 1.72. The highest BCUT2D eigenvalue weighted by Gasteiger charge is 2.31. The summed E-state index contributed by atoms with van der Waals surface area (Å²) >= 11 is 0. The van der Waals surface area contributed by atoms with E-state index in [0.29, 0.717) is 5.69 Å². The van der Waals surface area contributed by atoms with Crippen LogP contribution in [0.1, 0.15) is 50.9 Å². The molecule has 3 amide bonds. The van der Waals surface area contributed by atoms with Gasteiger partial charge in [0.2, 0.25) is 11.8 Å². The normalized spacial score (nSPS) is 16.0. The van der Waals surface area contributed by atoms with Gasteiger partial charge in [0, 0.05) is 38.1 Å². The summed E-state index contributed by atoms with van der Waals surface area (Å²) in [7, 11) is 0. The van der Waals surface area contributed by atoms with Crippen molar-refractivity contribution in [3.8, 4) is 0 Å². The molecular weight excluding hydrogens is 370 g/mol. The molecule has 1 saturated heterocycles. The van der Waals surface area contributed by atoms with Crippen molar-refractivity contribution in [1.29, 1.82) is 0 Å². The van der Waals surface area contributed by atoms with Gasteiger partial charge in [-0.1, -0.05) is 13.8 Å². The number of aryl methyl sites for hydroxylation is 2. The fourth-order valence-corrected chi connectivity index (χ4v) is 3.51. The maximum absolute atomic E-state index is 12.5. The van der Waals surface area contributed by atoms with E-state index in [0.717, 1.165) is 36.5 Å². The Bertz CT molecular complexity index is 924. The van der Waals surface area contributed by atoms with Gasteiger partial charge in [0.1, 0.15) is 12.2 Å². The van der Waals surface area contributed by atoms with Crippen molar-refractivity contribution in [1.82, 2.24) is 24.3 Å². The summed E-state index contributed by atoms with van der Waals surface area (Å²) in [6.45, 7) is 6.95. The highest BCUT2D eigenvalue weighted by Crippen LogP contribution is 2.22. The first kappa shape index (κ1) is 20.6. The molecule has 2 aromatic rings. The topological polar surface area (TPSA) is 89.2 Å². The van der Waals surface area contributed by atoms with Crippen LogP contribution in [0.4, 0.5) is 0 Å². The number of imidazole rings is 1. The number of carbonyl (C=O) groups excluding carboxylic acids is 3. The van der Waals surface area contributed by atoms with Crippen LogP contribution >= 0.6 is 0 Å². The van der Waals surface area contributed by atoms with Crippen LogP contribution in [0.5, 0.6) is 0 Å². The average Bonchev–Trinajstić information content (AvgIpc) is 3.31. The zero-order chi connectivity index (χ0) is 21.0. The van der Waals surface area contributed by atoms with Crippen molar-refractivity contribution in [3.63, 3.8) is 0 Å². The van der Waals surface area contributed by atoms with Gasteiger partial charge in [0.25, 0.3) is 5.91 Å². The highest BCUT2D eigenvalue weighted by molar-refractivity contribution is 6.12. The van der Waals surface area contributed by atoms with Crippen LogP contribution in [0, 0.1) is 0 Å². The molecule has 0 unspecified atom stereocenters. The molecule has 0 saturated carbocycles. The Kier molecular flexibility index (Phi) is 6.31. The van der Waals surface area contributed by atoms with Gasteiger partial charge in [-0.25, -0.2) is 4.98 Å². The molecule has 0 bridgehead atoms. The van der Waals surface area contributed by atoms with Crippen molar-refractivity contribution >= 4 is 23.8 Å². The van der Waals surface area contributed by atoms with Crippen molar-refractivity contribution in [2.45, 2.75) is 52.6 Å². The van der Waals surface area contributed by atoms with E-state index in [1.807, 2.05) is 12.1 Å². The Morgan fingerprint density at radius 1 is 1.21 bits per heavy atom. The molecule has 3 heterocycles. The fourth-order valence-electron chi connectivity index (χ4n) is 3.51. The lowest BCUT2D eigenvalue weighted by atomic mass is 10.1. The Morgan fingerprint density at radius 2 is 1.90 bits per heavy atom. The third-order valence-electron chi connectivity index (χ3n) is 4.90. The van der Waals surface area contributed by atoms with E-state index in [4.69, 9.17) is 0 Å². The quantitative estimate of drug-likeness (QED) is 0.573. The Balaban J connectivity index is 1.75. The zero-order valence-corrected chi connectivity index (χ0v) is 17.1. The van der Waals surface area contributed by atoms with E-state index in [9.17, 15) is 14.4 Å². The van der Waals surface area contributed by atoms with Crippen LogP contribution in [0.25, 0.3) is 6.08 Å². The van der Waals surface area contributed by atoms with Crippen LogP contribution in [-0.4, -0.2) is 43.3 Å². The number of nitrogens with one attached hydrogen (secondary N) is 1. The Morgan fingerprint density at radius 3 is 2.55 bits per heavy atom. The minimum absolute atomic E-state index is 0.0798. The second kappa shape index (κ2) is 8.89. The SMILES string of the molecule is CC(=O)N1CC(=O)NC(=Cc2ncn(CCCCn3cccc3)c2C(C)C)C1=O. The third kappa shape index (κ3) is 4.82. The summed E-state index contributed by atoms with van der Waals surface area (Å²) in [6, 6.07) is 4.04. The smallest absolute Gasteiger partial charge is 0.277 e. The molecule has 1 fully saturated rings. The van der Waals surface area contributed by atoms with Gasteiger partial charge < -0.3 is 14.5 Å². The number of nitrogens with zero attached hydrogens (tertiary/aromatic N) is 4. The second-order valence-corrected chi connectivity index (χ2v) is 7.51. The number of piperazine rings is 1. The lowest BCUT2D eigenvalue weighted by Crippen LogP contribution is -2.51. The monoisotopic (exact) mass is 397 g/mol. The molecule has 3 rings (SSSR count). The number of aromatic nitrogens is 3. The second-order valence-electron chi connectivity index (χ2n) is 7.51. The largest absolute Gasteiger partial charge is 0.354 e. The number of amides is 3. The van der Waals surface area contributed by atoms with Crippen molar-refractivity contribution < 1.29 is 14.4 Å². The van der Waals surface area contributed by atoms with Crippen molar-refractivity contribution in [2.24, 2.45) is 0 Å². The predicted octanol–water partition coefficient (Wildman–Crippen LogP) is 2.13. The van der Waals surface area contributed by atoms with E-state index in [2.05, 4.69) is 45.7 Å². The summed E-state index contributed by atoms with van der Waals surface area (Å²) in [4.78, 5) is 41.5. The summed E-state index contributed by atoms with van der Waals surface area (Å²) in [6.07, 6.45) is 9.50. The summed E-state index contributed by atoms with van der Waals surface area (Å²) in [5, 5.41) is 2.57. The molecule has 8 heteroatoms. The molecule has 0 spiro atoms. The van der Waals surface area contributed by atoms with Gasteiger partial charge in [-0.05, 0) is 37.0 Å². The van der Waals surface area contributed by atoms with E-state index >= 15 is 0 Å². The highest BCUT2D eigenvalue weighted by atomic mass is 16.2. The van der Waals surface area contributed by atoms with Gasteiger partial charge in [0.15, 0.2) is 0 Å². The predicted molar refractivity (Wildman–Crippen MR) is 108 cm³/mol. The molecular formula is C21H27N5O3. The number of carbonyl (C=O) groups is 3. The molecule has 0 atom stereocenters. The number of hydrogen-bond acceptors (Lipinski definition) is 4. The molecule has 0 radical (unpaired) electrons. The van der Waals surface area contributed by atoms with Crippen LogP contribution < -0.4 is 5.32 Å². The molecule has 2 aromatic heterocycles. The van der Waals surface area contributed by atoms with Crippen LogP contribution in [0.2, 0.25) is 0 Å². The van der Waals surface area contributed by atoms with Crippen LogP contribution in [0.3, 0.4) is 0 Å². The molecule has 29 heavy (non-hydrogen) atoms. The van der Waals surface area contributed by atoms with Gasteiger partial charge in [-0.3, -0.25) is 19.3 Å². The molecule has 0 aliphatic carbocycles. The number of hydrogen-bond donors (Lipinski definition) is 1. The molecule has 1 aliphatic rings. The maximum atomic E-state index is 12.5. The Hall–Kier alpha value is -3.16. The fraction of sp³-hybridized carbons (Fsp3) is 0.429. The van der Waals surface area contributed by atoms with Gasteiger partial charge in [-0.2, -0.15) is 0 Å². The van der Waals surface area contributed by atoms with Crippen LogP contribution in [0.15, 0.2) is 36.6 Å². The summed E-state index contributed by atoms with van der Waals surface area (Å²) < 4.78 is 4.26. The lowest BCUT2D eigenvalue weighted by molar-refractivity contribution is -0.147. The van der Waals surface area contributed by atoms with E-state index < -0.39 is 11.8 Å². The van der Waals surface area contributed by atoms with E-state index in [1.54, 1.807) is 12.4 Å². The van der Waals surface area contributed by atoms with Gasteiger partial charge >= 0.3 is 0 Å². The van der Waals surface area contributed by atoms with E-state index in [1.165, 1.54) is 6.92 Å². The molecule has 1 N–H and O–H groups in total. The lowest BCUT2D eigenvalue weighted by Gasteiger charge is -2.25. The number of unbranched alkanes of at least 4 members (excludes halogenated alkanes) is 1. The molecule has 0 aromatic carbocycles. The zero-order valence-electron chi connectivity index (χ0n) is 17.1. The number of imide groups is 1.